The molecular formula is C70H86N2O18. The highest BCUT2D eigenvalue weighted by atomic mass is 16.6. The molecule has 484 valence electrons. The van der Waals surface area contributed by atoms with Gasteiger partial charge in [0.25, 0.3) is 0 Å². The maximum Gasteiger partial charge on any atom is 0.345 e. The molecule has 2 N–H and O–H groups in total. The second-order valence-corrected chi connectivity index (χ2v) is 21.4. The highest BCUT2D eigenvalue weighted by molar-refractivity contribution is 6.06. The van der Waals surface area contributed by atoms with Crippen LogP contribution >= 0.6 is 0 Å². The molecule has 5 aromatic rings. The summed E-state index contributed by atoms with van der Waals surface area (Å²) < 4.78 is 55.9. The fourth-order valence-electron chi connectivity index (χ4n) is 9.20. The largest absolute Gasteiger partial charge is 0.494 e. The van der Waals surface area contributed by atoms with Gasteiger partial charge in [0, 0.05) is 24.3 Å². The molecule has 0 unspecified atom stereocenters. The molecule has 0 saturated carbocycles. The fourth-order valence-corrected chi connectivity index (χ4v) is 9.20. The Morgan fingerprint density at radius 1 is 0.456 bits per heavy atom. The minimum Gasteiger partial charge on any atom is -0.494 e. The fraction of sp³-hybridized carbons (Fsp3) is 0.429. The number of anilines is 1. The summed E-state index contributed by atoms with van der Waals surface area (Å²) in [6.45, 7) is 12.1. The summed E-state index contributed by atoms with van der Waals surface area (Å²) in [4.78, 5) is 88.1. The van der Waals surface area contributed by atoms with Crippen molar-refractivity contribution >= 4 is 47.2 Å². The molecular weight excluding hydrogens is 1160 g/mol. The number of nitro groups is 1. The molecule has 0 amide bonds. The molecule has 20 nitrogen and oxygen atoms in total. The highest BCUT2D eigenvalue weighted by Gasteiger charge is 2.26. The normalized spacial score (nSPS) is 11.1. The smallest absolute Gasteiger partial charge is 0.345 e. The van der Waals surface area contributed by atoms with Crippen molar-refractivity contribution in [1.82, 2.24) is 0 Å². The SMILES string of the molecule is C=CC(=O)OCCCCCCCCCCOc1ccc(OC(=O)c2ccc(C(=O)Oc3ccc(OCCCCCCCCCCOC(=O)C=C)cc3)c(C(=O)OCCOc3ccc(OC(=O)c4cc([N+](=O)[O-])c(O[C@@H](C)CCCCCC)cc4N)cc3)c2)cc1. The van der Waals surface area contributed by atoms with Crippen molar-refractivity contribution in [3.8, 4) is 40.2 Å². The second kappa shape index (κ2) is 41.1. The summed E-state index contributed by atoms with van der Waals surface area (Å²) in [5.74, 6) is -2.49. The zero-order valence-electron chi connectivity index (χ0n) is 51.9. The quantitative estimate of drug-likeness (QED) is 0.00555. The lowest BCUT2D eigenvalue weighted by molar-refractivity contribution is -0.386. The first-order valence-corrected chi connectivity index (χ1v) is 31.2. The van der Waals surface area contributed by atoms with Gasteiger partial charge in [-0.15, -0.1) is 0 Å². The van der Waals surface area contributed by atoms with E-state index in [0.29, 0.717) is 50.1 Å². The summed E-state index contributed by atoms with van der Waals surface area (Å²) >= 11 is 0. The Kier molecular flexibility index (Phi) is 32.7. The molecule has 0 aliphatic rings. The van der Waals surface area contributed by atoms with E-state index < -0.39 is 46.4 Å². The van der Waals surface area contributed by atoms with Crippen LogP contribution in [0.1, 0.15) is 190 Å². The minimum absolute atomic E-state index is 0.0442. The third kappa shape index (κ3) is 27.0. The van der Waals surface area contributed by atoms with Crippen LogP contribution in [-0.4, -0.2) is 86.5 Å². The number of hydrogen-bond acceptors (Lipinski definition) is 19. The van der Waals surface area contributed by atoms with Crippen LogP contribution in [0.3, 0.4) is 0 Å². The molecule has 5 rings (SSSR count). The number of esters is 6. The Labute approximate surface area is 527 Å². The molecule has 1 atom stereocenters. The molecule has 90 heavy (non-hydrogen) atoms. The minimum atomic E-state index is -0.965. The molecule has 0 bridgehead atoms. The van der Waals surface area contributed by atoms with E-state index in [4.69, 9.17) is 53.1 Å². The van der Waals surface area contributed by atoms with Gasteiger partial charge in [0.1, 0.15) is 47.7 Å². The number of unbranched alkanes of at least 4 members (excludes halogenated alkanes) is 17. The van der Waals surface area contributed by atoms with Crippen LogP contribution in [0.2, 0.25) is 0 Å². The van der Waals surface area contributed by atoms with Crippen molar-refractivity contribution in [2.45, 2.75) is 155 Å². The summed E-state index contributed by atoms with van der Waals surface area (Å²) in [5, 5.41) is 12.0. The molecule has 0 saturated heterocycles. The molecule has 0 heterocycles. The van der Waals surface area contributed by atoms with Crippen LogP contribution in [0.4, 0.5) is 11.4 Å². The molecule has 0 spiro atoms. The van der Waals surface area contributed by atoms with E-state index in [1.807, 2.05) is 6.92 Å². The Morgan fingerprint density at radius 2 is 0.867 bits per heavy atom. The van der Waals surface area contributed by atoms with Crippen molar-refractivity contribution in [2.24, 2.45) is 0 Å². The summed E-state index contributed by atoms with van der Waals surface area (Å²) in [6, 6.07) is 25.0. The van der Waals surface area contributed by atoms with Crippen molar-refractivity contribution < 1.29 is 81.1 Å². The number of carbonyl (C=O) groups excluding carboxylic acids is 6. The van der Waals surface area contributed by atoms with E-state index in [1.54, 1.807) is 48.5 Å². The average Bonchev–Trinajstić information content (AvgIpc) is 2.15. The number of hydrogen-bond donors (Lipinski definition) is 1. The predicted octanol–water partition coefficient (Wildman–Crippen LogP) is 15.3. The van der Waals surface area contributed by atoms with Crippen molar-refractivity contribution in [2.75, 3.05) is 45.4 Å². The average molecular weight is 1240 g/mol. The second-order valence-electron chi connectivity index (χ2n) is 21.4. The van der Waals surface area contributed by atoms with Crippen LogP contribution in [0.15, 0.2) is 128 Å². The lowest BCUT2D eigenvalue weighted by Gasteiger charge is -2.16. The Hall–Kier alpha value is -9.20. The number of nitro benzene ring substituents is 1. The van der Waals surface area contributed by atoms with Crippen molar-refractivity contribution in [3.63, 3.8) is 0 Å². The van der Waals surface area contributed by atoms with Gasteiger partial charge in [-0.1, -0.05) is 116 Å². The van der Waals surface area contributed by atoms with E-state index in [-0.39, 0.29) is 70.3 Å². The zero-order chi connectivity index (χ0) is 64.7. The van der Waals surface area contributed by atoms with E-state index in [0.717, 1.165) is 134 Å². The highest BCUT2D eigenvalue weighted by Crippen LogP contribution is 2.34. The van der Waals surface area contributed by atoms with Gasteiger partial charge < -0.3 is 53.1 Å². The summed E-state index contributed by atoms with van der Waals surface area (Å²) in [7, 11) is 0. The number of nitrogen functional groups attached to an aromatic ring is 1. The third-order valence-electron chi connectivity index (χ3n) is 14.2. The van der Waals surface area contributed by atoms with Crippen LogP contribution < -0.4 is 38.9 Å². The number of nitrogens with zero attached hydrogens (tertiary/aromatic N) is 1. The number of carbonyl (C=O) groups is 6. The maximum atomic E-state index is 13.8. The molecule has 0 aliphatic heterocycles. The summed E-state index contributed by atoms with van der Waals surface area (Å²) in [5.41, 5.74) is 4.95. The van der Waals surface area contributed by atoms with Crippen LogP contribution in [-0.2, 0) is 23.8 Å². The molecule has 0 aliphatic carbocycles. The number of rotatable bonds is 45. The predicted molar refractivity (Wildman–Crippen MR) is 340 cm³/mol. The zero-order valence-corrected chi connectivity index (χ0v) is 51.9. The standard InChI is InChI=1S/C70H86N2O18/c1-5-8-9-22-27-51(4)87-64-50-62(71)61(49-63(64)72(79)80)70(78)90-58-39-33-55(34-40-58)83-46-47-86-68(76)60-48-52(67(75)88-56-35-29-53(30-36-56)81-42-23-18-14-10-12-16-20-25-44-84-65(73)6-2)28-41-59(60)69(77)89-57-37-31-54(32-38-57)82-43-24-19-15-11-13-17-21-26-45-85-66(74)7-3/h6-7,28-41,48-51H,2-3,5,8-27,42-47,71H2,1,4H3/t51-/m0/s1. The molecule has 20 heteroatoms. The number of nitrogens with two attached hydrogens (primary N) is 1. The van der Waals surface area contributed by atoms with Gasteiger partial charge >= 0.3 is 41.5 Å². The van der Waals surface area contributed by atoms with Gasteiger partial charge in [-0.25, -0.2) is 28.8 Å². The van der Waals surface area contributed by atoms with Gasteiger partial charge in [-0.3, -0.25) is 10.1 Å². The van der Waals surface area contributed by atoms with Gasteiger partial charge in [-0.2, -0.15) is 0 Å². The topological polar surface area (TPSA) is 264 Å². The van der Waals surface area contributed by atoms with Crippen molar-refractivity contribution in [1.29, 1.82) is 0 Å². The van der Waals surface area contributed by atoms with E-state index >= 15 is 0 Å². The first-order valence-electron chi connectivity index (χ1n) is 31.2. The Balaban J connectivity index is 1.14. The molecule has 0 aromatic heterocycles. The first kappa shape index (κ1) is 71.6. The Morgan fingerprint density at radius 3 is 1.32 bits per heavy atom. The molecule has 5 aromatic carbocycles. The van der Waals surface area contributed by atoms with Crippen LogP contribution in [0.25, 0.3) is 0 Å². The van der Waals surface area contributed by atoms with E-state index in [1.165, 1.54) is 60.7 Å². The summed E-state index contributed by atoms with van der Waals surface area (Å²) in [6.07, 6.45) is 23.0. The van der Waals surface area contributed by atoms with Gasteiger partial charge in [0.05, 0.1) is 65.4 Å². The number of ether oxygens (including phenoxy) is 10. The van der Waals surface area contributed by atoms with Crippen molar-refractivity contribution in [3.05, 3.63) is 161 Å². The van der Waals surface area contributed by atoms with E-state index in [2.05, 4.69) is 20.1 Å². The van der Waals surface area contributed by atoms with E-state index in [9.17, 15) is 38.9 Å². The number of benzene rings is 5. The maximum absolute atomic E-state index is 13.8. The first-order chi connectivity index (χ1) is 43.7. The lowest BCUT2D eigenvalue weighted by atomic mass is 10.0. The van der Waals surface area contributed by atoms with Crippen LogP contribution in [0, 0.1) is 10.1 Å². The van der Waals surface area contributed by atoms with Gasteiger partial charge in [0.2, 0.25) is 0 Å². The van der Waals surface area contributed by atoms with Gasteiger partial charge in [0.15, 0.2) is 5.75 Å². The van der Waals surface area contributed by atoms with Crippen LogP contribution in [0.5, 0.6) is 40.2 Å². The monoisotopic (exact) mass is 1240 g/mol. The lowest BCUT2D eigenvalue weighted by Crippen LogP contribution is -2.19. The Bertz CT molecular complexity index is 3070. The molecule has 0 radical (unpaired) electrons. The van der Waals surface area contributed by atoms with Gasteiger partial charge in [-0.05, 0) is 136 Å². The third-order valence-corrected chi connectivity index (χ3v) is 14.2. The molecule has 0 fully saturated rings.